The van der Waals surface area contributed by atoms with E-state index in [-0.39, 0.29) is 18.9 Å². The topological polar surface area (TPSA) is 88.6 Å². The quantitative estimate of drug-likeness (QED) is 0.597. The van der Waals surface area contributed by atoms with E-state index in [1.54, 1.807) is 4.90 Å². The summed E-state index contributed by atoms with van der Waals surface area (Å²) in [6, 6.07) is 19.3. The largest absolute Gasteiger partial charge is 0.459 e. The molecule has 0 unspecified atom stereocenters. The SMILES string of the molecule is NC(=O)NCCC(=O)N(CCCc1ccccc1)Cc1cc2ccccc2o1. The number of furan rings is 1. The van der Waals surface area contributed by atoms with Gasteiger partial charge < -0.3 is 20.4 Å². The second kappa shape index (κ2) is 9.60. The van der Waals surface area contributed by atoms with Crippen molar-refractivity contribution < 1.29 is 14.0 Å². The minimum atomic E-state index is -0.624. The number of nitrogens with zero attached hydrogens (tertiary/aromatic N) is 1. The second-order valence-corrected chi connectivity index (χ2v) is 6.70. The van der Waals surface area contributed by atoms with E-state index in [1.807, 2.05) is 48.5 Å². The van der Waals surface area contributed by atoms with Crippen molar-refractivity contribution in [2.24, 2.45) is 5.73 Å². The molecule has 6 nitrogen and oxygen atoms in total. The molecule has 1 aromatic heterocycles. The van der Waals surface area contributed by atoms with Crippen molar-refractivity contribution >= 4 is 22.9 Å². The molecule has 3 rings (SSSR count). The zero-order chi connectivity index (χ0) is 19.8. The number of rotatable bonds is 9. The molecular weight excluding hydrogens is 354 g/mol. The lowest BCUT2D eigenvalue weighted by atomic mass is 10.1. The lowest BCUT2D eigenvalue weighted by Crippen LogP contribution is -2.36. The highest BCUT2D eigenvalue weighted by Crippen LogP contribution is 2.20. The molecule has 3 aromatic rings. The number of carbonyl (C=O) groups excluding carboxylic acids is 2. The molecule has 6 heteroatoms. The molecule has 1 heterocycles. The molecule has 3 amide bonds. The Kier molecular flexibility index (Phi) is 6.68. The van der Waals surface area contributed by atoms with Crippen LogP contribution in [0.3, 0.4) is 0 Å². The van der Waals surface area contributed by atoms with Gasteiger partial charge in [0.25, 0.3) is 0 Å². The monoisotopic (exact) mass is 379 g/mol. The van der Waals surface area contributed by atoms with Gasteiger partial charge in [-0.1, -0.05) is 48.5 Å². The number of urea groups is 1. The Morgan fingerprint density at radius 3 is 2.54 bits per heavy atom. The Hall–Kier alpha value is -3.28. The van der Waals surface area contributed by atoms with E-state index in [1.165, 1.54) is 5.56 Å². The Bertz CT molecular complexity index is 888. The van der Waals surface area contributed by atoms with Gasteiger partial charge in [-0.25, -0.2) is 4.79 Å². The number of benzene rings is 2. The fourth-order valence-electron chi connectivity index (χ4n) is 3.16. The fourth-order valence-corrected chi connectivity index (χ4v) is 3.16. The molecule has 28 heavy (non-hydrogen) atoms. The number of amides is 3. The normalized spacial score (nSPS) is 10.7. The van der Waals surface area contributed by atoms with Crippen molar-refractivity contribution in [2.45, 2.75) is 25.8 Å². The Balaban J connectivity index is 1.63. The zero-order valence-corrected chi connectivity index (χ0v) is 15.8. The molecule has 0 aliphatic rings. The van der Waals surface area contributed by atoms with Crippen molar-refractivity contribution in [1.29, 1.82) is 0 Å². The predicted octanol–water partition coefficient (Wildman–Crippen LogP) is 3.45. The first-order valence-corrected chi connectivity index (χ1v) is 9.44. The van der Waals surface area contributed by atoms with Crippen LogP contribution in [0.1, 0.15) is 24.2 Å². The minimum Gasteiger partial charge on any atom is -0.459 e. The summed E-state index contributed by atoms with van der Waals surface area (Å²) in [6.45, 7) is 1.24. The lowest BCUT2D eigenvalue weighted by molar-refractivity contribution is -0.132. The second-order valence-electron chi connectivity index (χ2n) is 6.70. The summed E-state index contributed by atoms with van der Waals surface area (Å²) in [5.74, 6) is 0.708. The first-order chi connectivity index (χ1) is 13.6. The summed E-state index contributed by atoms with van der Waals surface area (Å²) < 4.78 is 5.87. The van der Waals surface area contributed by atoms with Gasteiger partial charge in [-0.2, -0.15) is 0 Å². The third kappa shape index (κ3) is 5.61. The van der Waals surface area contributed by atoms with Crippen LogP contribution in [-0.2, 0) is 17.8 Å². The number of carbonyl (C=O) groups is 2. The molecule has 3 N–H and O–H groups in total. The molecule has 0 fully saturated rings. The molecule has 0 aliphatic heterocycles. The van der Waals surface area contributed by atoms with E-state index in [2.05, 4.69) is 17.4 Å². The molecule has 0 atom stereocenters. The van der Waals surface area contributed by atoms with Gasteiger partial charge in [0.15, 0.2) is 0 Å². The molecule has 2 aromatic carbocycles. The van der Waals surface area contributed by atoms with E-state index < -0.39 is 6.03 Å². The number of aryl methyl sites for hydroxylation is 1. The van der Waals surface area contributed by atoms with Gasteiger partial charge in [0.05, 0.1) is 6.54 Å². The maximum atomic E-state index is 12.7. The number of fused-ring (bicyclic) bond motifs is 1. The summed E-state index contributed by atoms with van der Waals surface area (Å²) in [7, 11) is 0. The van der Waals surface area contributed by atoms with Crippen molar-refractivity contribution in [2.75, 3.05) is 13.1 Å². The Morgan fingerprint density at radius 2 is 1.79 bits per heavy atom. The van der Waals surface area contributed by atoms with Crippen LogP contribution in [0.25, 0.3) is 11.0 Å². The molecule has 0 radical (unpaired) electrons. The minimum absolute atomic E-state index is 0.0396. The molecule has 0 saturated heterocycles. The molecule has 0 aliphatic carbocycles. The smallest absolute Gasteiger partial charge is 0.312 e. The van der Waals surface area contributed by atoms with Crippen molar-refractivity contribution in [3.8, 4) is 0 Å². The van der Waals surface area contributed by atoms with Crippen LogP contribution in [0.5, 0.6) is 0 Å². The average molecular weight is 379 g/mol. The first-order valence-electron chi connectivity index (χ1n) is 9.44. The number of hydrogen-bond donors (Lipinski definition) is 2. The van der Waals surface area contributed by atoms with Crippen LogP contribution in [0.2, 0.25) is 0 Å². The van der Waals surface area contributed by atoms with Gasteiger partial charge in [0, 0.05) is 24.9 Å². The van der Waals surface area contributed by atoms with Crippen molar-refractivity contribution in [1.82, 2.24) is 10.2 Å². The number of primary amides is 1. The van der Waals surface area contributed by atoms with Gasteiger partial charge >= 0.3 is 6.03 Å². The highest BCUT2D eigenvalue weighted by molar-refractivity contribution is 5.79. The van der Waals surface area contributed by atoms with Gasteiger partial charge in [-0.3, -0.25) is 4.79 Å². The summed E-state index contributed by atoms with van der Waals surface area (Å²) in [5, 5.41) is 3.48. The maximum absolute atomic E-state index is 12.7. The van der Waals surface area contributed by atoms with E-state index in [4.69, 9.17) is 10.2 Å². The number of nitrogens with two attached hydrogens (primary N) is 1. The highest BCUT2D eigenvalue weighted by atomic mass is 16.3. The summed E-state index contributed by atoms with van der Waals surface area (Å²) >= 11 is 0. The van der Waals surface area contributed by atoms with Gasteiger partial charge in [0.2, 0.25) is 5.91 Å². The summed E-state index contributed by atoms with van der Waals surface area (Å²) in [5.41, 5.74) is 7.13. The predicted molar refractivity (Wildman–Crippen MR) is 109 cm³/mol. The number of hydrogen-bond acceptors (Lipinski definition) is 3. The maximum Gasteiger partial charge on any atom is 0.312 e. The van der Waals surface area contributed by atoms with Crippen molar-refractivity contribution in [3.05, 3.63) is 72.0 Å². The Morgan fingerprint density at radius 1 is 1.04 bits per heavy atom. The van der Waals surface area contributed by atoms with E-state index in [0.29, 0.717) is 13.1 Å². The van der Waals surface area contributed by atoms with E-state index in [9.17, 15) is 9.59 Å². The van der Waals surface area contributed by atoms with Gasteiger partial charge in [-0.05, 0) is 30.5 Å². The zero-order valence-electron chi connectivity index (χ0n) is 15.8. The van der Waals surface area contributed by atoms with Crippen molar-refractivity contribution in [3.63, 3.8) is 0 Å². The molecule has 0 spiro atoms. The third-order valence-electron chi connectivity index (χ3n) is 4.55. The van der Waals surface area contributed by atoms with Crippen LogP contribution in [-0.4, -0.2) is 29.9 Å². The van der Waals surface area contributed by atoms with Gasteiger partial charge in [0.1, 0.15) is 11.3 Å². The van der Waals surface area contributed by atoms with E-state index in [0.717, 1.165) is 29.6 Å². The standard InChI is InChI=1S/C22H25N3O3/c23-22(27)24-13-12-21(26)25(14-6-9-17-7-2-1-3-8-17)16-19-15-18-10-4-5-11-20(18)28-19/h1-5,7-8,10-11,15H,6,9,12-14,16H2,(H3,23,24,27). The van der Waals surface area contributed by atoms with Crippen LogP contribution in [0.4, 0.5) is 4.79 Å². The van der Waals surface area contributed by atoms with Crippen LogP contribution in [0, 0.1) is 0 Å². The third-order valence-corrected chi connectivity index (χ3v) is 4.55. The molecule has 146 valence electrons. The lowest BCUT2D eigenvalue weighted by Gasteiger charge is -2.22. The molecule has 0 saturated carbocycles. The Labute approximate surface area is 164 Å². The summed E-state index contributed by atoms with van der Waals surface area (Å²) in [6.07, 6.45) is 1.94. The number of para-hydroxylation sites is 1. The number of nitrogens with one attached hydrogen (secondary N) is 1. The van der Waals surface area contributed by atoms with Gasteiger partial charge in [-0.15, -0.1) is 0 Å². The summed E-state index contributed by atoms with van der Waals surface area (Å²) in [4.78, 5) is 25.3. The fraction of sp³-hybridized carbons (Fsp3) is 0.273. The first kappa shape index (κ1) is 19.5. The van der Waals surface area contributed by atoms with Crippen LogP contribution < -0.4 is 11.1 Å². The van der Waals surface area contributed by atoms with Crippen LogP contribution >= 0.6 is 0 Å². The molecule has 0 bridgehead atoms. The highest BCUT2D eigenvalue weighted by Gasteiger charge is 2.16. The van der Waals surface area contributed by atoms with E-state index >= 15 is 0 Å². The van der Waals surface area contributed by atoms with Crippen LogP contribution in [0.15, 0.2) is 65.1 Å². The average Bonchev–Trinajstić information content (AvgIpc) is 3.10. The molecular formula is C22H25N3O3.